The molecule has 1 aromatic carbocycles. The van der Waals surface area contributed by atoms with Crippen LogP contribution < -0.4 is 5.32 Å². The molecule has 0 fully saturated rings. The average Bonchev–Trinajstić information content (AvgIpc) is 2.88. The highest BCUT2D eigenvalue weighted by atomic mass is 32.1. The average molecular weight is 244 g/mol. The molecule has 0 spiro atoms. The molecular formula is C14H14NOS. The fourth-order valence-corrected chi connectivity index (χ4v) is 2.13. The quantitative estimate of drug-likeness (QED) is 0.861. The zero-order valence-corrected chi connectivity index (χ0v) is 10.2. The number of hydrogen-bond acceptors (Lipinski definition) is 2. The van der Waals surface area contributed by atoms with E-state index in [-0.39, 0.29) is 5.91 Å². The van der Waals surface area contributed by atoms with Gasteiger partial charge >= 0.3 is 0 Å². The van der Waals surface area contributed by atoms with Crippen LogP contribution in [0.15, 0.2) is 47.8 Å². The zero-order valence-electron chi connectivity index (χ0n) is 9.43. The van der Waals surface area contributed by atoms with E-state index >= 15 is 0 Å². The maximum atomic E-state index is 11.5. The van der Waals surface area contributed by atoms with Gasteiger partial charge < -0.3 is 5.32 Å². The van der Waals surface area contributed by atoms with Crippen molar-refractivity contribution in [3.8, 4) is 0 Å². The van der Waals surface area contributed by atoms with Crippen LogP contribution in [0.5, 0.6) is 0 Å². The first-order chi connectivity index (χ1) is 8.34. The summed E-state index contributed by atoms with van der Waals surface area (Å²) in [5.74, 6) is -0.0118. The van der Waals surface area contributed by atoms with Crippen molar-refractivity contribution in [2.45, 2.75) is 13.0 Å². The highest BCUT2D eigenvalue weighted by Gasteiger charge is 2.02. The van der Waals surface area contributed by atoms with E-state index in [0.717, 1.165) is 5.56 Å². The largest absolute Gasteiger partial charge is 0.351 e. The Morgan fingerprint density at radius 2 is 2.00 bits per heavy atom. The molecule has 1 N–H and O–H groups in total. The molecule has 87 valence electrons. The minimum absolute atomic E-state index is 0.0118. The normalized spacial score (nSPS) is 10.1. The van der Waals surface area contributed by atoms with Crippen LogP contribution in [0.4, 0.5) is 0 Å². The molecule has 0 atom stereocenters. The third kappa shape index (κ3) is 4.04. The number of benzene rings is 1. The van der Waals surface area contributed by atoms with Gasteiger partial charge in [0.25, 0.3) is 0 Å². The van der Waals surface area contributed by atoms with Gasteiger partial charge in [0.1, 0.15) is 0 Å². The highest BCUT2D eigenvalue weighted by molar-refractivity contribution is 7.09. The monoisotopic (exact) mass is 244 g/mol. The van der Waals surface area contributed by atoms with Crippen LogP contribution >= 0.6 is 11.3 Å². The number of carbonyl (C=O) groups is 1. The first-order valence-electron chi connectivity index (χ1n) is 5.52. The molecule has 0 aliphatic carbocycles. The maximum absolute atomic E-state index is 11.5. The van der Waals surface area contributed by atoms with Crippen molar-refractivity contribution in [1.29, 1.82) is 0 Å². The number of hydrogen-bond donors (Lipinski definition) is 1. The summed E-state index contributed by atoms with van der Waals surface area (Å²) in [4.78, 5) is 12.7. The van der Waals surface area contributed by atoms with E-state index in [2.05, 4.69) is 5.32 Å². The maximum Gasteiger partial charge on any atom is 0.224 e. The van der Waals surface area contributed by atoms with Crippen molar-refractivity contribution < 1.29 is 4.79 Å². The van der Waals surface area contributed by atoms with Gasteiger partial charge in [-0.3, -0.25) is 4.79 Å². The Labute approximate surface area is 105 Å². The second-order valence-corrected chi connectivity index (χ2v) is 4.72. The Morgan fingerprint density at radius 3 is 2.71 bits per heavy atom. The number of nitrogens with one attached hydrogen (secondary N) is 1. The Balaban J connectivity index is 1.71. The molecule has 2 nitrogen and oxygen atoms in total. The van der Waals surface area contributed by atoms with Crippen molar-refractivity contribution >= 4 is 17.2 Å². The Morgan fingerprint density at radius 1 is 1.18 bits per heavy atom. The molecule has 2 rings (SSSR count). The van der Waals surface area contributed by atoms with Gasteiger partial charge in [0.2, 0.25) is 5.91 Å². The standard InChI is InChI=1S/C14H14NOS/c16-14(15-11-13-7-4-10-17-13)9-8-12-5-2-1-3-6-12/h1-7,9-10H,8,11H2,(H,15,16). The van der Waals surface area contributed by atoms with Gasteiger partial charge in [-0.25, -0.2) is 0 Å². The van der Waals surface area contributed by atoms with Gasteiger partial charge in [-0.2, -0.15) is 0 Å². The van der Waals surface area contributed by atoms with Gasteiger partial charge in [-0.15, -0.1) is 11.3 Å². The molecular weight excluding hydrogens is 230 g/mol. The van der Waals surface area contributed by atoms with Crippen LogP contribution in [0, 0.1) is 6.42 Å². The lowest BCUT2D eigenvalue weighted by Crippen LogP contribution is -2.23. The molecule has 0 saturated heterocycles. The van der Waals surface area contributed by atoms with Crippen LogP contribution in [0.1, 0.15) is 10.4 Å². The summed E-state index contributed by atoms with van der Waals surface area (Å²) in [6, 6.07) is 14.0. The van der Waals surface area contributed by atoms with Crippen molar-refractivity contribution in [2.24, 2.45) is 0 Å². The van der Waals surface area contributed by atoms with E-state index in [1.165, 1.54) is 4.88 Å². The highest BCUT2D eigenvalue weighted by Crippen LogP contribution is 2.07. The Hall–Kier alpha value is -1.61. The summed E-state index contributed by atoms with van der Waals surface area (Å²) in [6.07, 6.45) is 2.36. The van der Waals surface area contributed by atoms with Crippen molar-refractivity contribution in [3.63, 3.8) is 0 Å². The minimum Gasteiger partial charge on any atom is -0.351 e. The fraction of sp³-hybridized carbons (Fsp3) is 0.143. The Kier molecular flexibility index (Phi) is 4.33. The lowest BCUT2D eigenvalue weighted by molar-refractivity contribution is -0.118. The molecule has 1 radical (unpaired) electrons. The van der Waals surface area contributed by atoms with Gasteiger partial charge in [-0.1, -0.05) is 36.4 Å². The van der Waals surface area contributed by atoms with Crippen LogP contribution in [0.2, 0.25) is 0 Å². The second-order valence-electron chi connectivity index (χ2n) is 3.69. The van der Waals surface area contributed by atoms with Crippen LogP contribution in [0.3, 0.4) is 0 Å². The van der Waals surface area contributed by atoms with E-state index in [1.54, 1.807) is 17.8 Å². The van der Waals surface area contributed by atoms with Crippen LogP contribution in [-0.4, -0.2) is 5.91 Å². The number of thiophene rings is 1. The molecule has 0 saturated carbocycles. The minimum atomic E-state index is -0.0118. The first-order valence-corrected chi connectivity index (χ1v) is 6.40. The summed E-state index contributed by atoms with van der Waals surface area (Å²) in [6.45, 7) is 0.613. The molecule has 0 aliphatic heterocycles. The van der Waals surface area contributed by atoms with Crippen molar-refractivity contribution in [2.75, 3.05) is 0 Å². The number of rotatable bonds is 5. The molecule has 1 amide bonds. The van der Waals surface area contributed by atoms with E-state index < -0.39 is 0 Å². The van der Waals surface area contributed by atoms with E-state index in [4.69, 9.17) is 0 Å². The molecule has 1 aromatic heterocycles. The topological polar surface area (TPSA) is 29.1 Å². The molecule has 3 heteroatoms. The van der Waals surface area contributed by atoms with Crippen LogP contribution in [-0.2, 0) is 17.8 Å². The lowest BCUT2D eigenvalue weighted by Gasteiger charge is -2.03. The number of amides is 1. The smallest absolute Gasteiger partial charge is 0.224 e. The third-order valence-electron chi connectivity index (χ3n) is 2.38. The van der Waals surface area contributed by atoms with Gasteiger partial charge in [0, 0.05) is 4.88 Å². The molecule has 0 bridgehead atoms. The van der Waals surface area contributed by atoms with Gasteiger partial charge in [-0.05, 0) is 23.4 Å². The summed E-state index contributed by atoms with van der Waals surface area (Å²) in [5, 5.41) is 4.88. The van der Waals surface area contributed by atoms with Gasteiger partial charge in [0.05, 0.1) is 13.0 Å². The molecule has 1 heterocycles. The van der Waals surface area contributed by atoms with E-state index in [1.807, 2.05) is 47.8 Å². The first kappa shape index (κ1) is 11.9. The summed E-state index contributed by atoms with van der Waals surface area (Å²) in [7, 11) is 0. The van der Waals surface area contributed by atoms with E-state index in [0.29, 0.717) is 13.0 Å². The molecule has 2 aromatic rings. The molecule has 17 heavy (non-hydrogen) atoms. The van der Waals surface area contributed by atoms with Crippen LogP contribution in [0.25, 0.3) is 0 Å². The summed E-state index contributed by atoms with van der Waals surface area (Å²) >= 11 is 1.65. The number of carbonyl (C=O) groups excluding carboxylic acids is 1. The fourth-order valence-electron chi connectivity index (χ4n) is 1.48. The van der Waals surface area contributed by atoms with Gasteiger partial charge in [0.15, 0.2) is 0 Å². The third-order valence-corrected chi connectivity index (χ3v) is 3.26. The van der Waals surface area contributed by atoms with Crippen molar-refractivity contribution in [3.05, 3.63) is 64.7 Å². The Bertz CT molecular complexity index is 450. The predicted octanol–water partition coefficient (Wildman–Crippen LogP) is 2.81. The van der Waals surface area contributed by atoms with Crippen molar-refractivity contribution in [1.82, 2.24) is 5.32 Å². The molecule has 0 unspecified atom stereocenters. The molecule has 0 aliphatic rings. The summed E-state index contributed by atoms with van der Waals surface area (Å²) in [5.41, 5.74) is 1.15. The SMILES string of the molecule is O=C([CH]Cc1ccccc1)NCc1cccs1. The summed E-state index contributed by atoms with van der Waals surface area (Å²) < 4.78 is 0. The predicted molar refractivity (Wildman–Crippen MR) is 70.6 cm³/mol. The van der Waals surface area contributed by atoms with E-state index in [9.17, 15) is 4.79 Å². The zero-order chi connectivity index (χ0) is 11.9. The second kappa shape index (κ2) is 6.21. The lowest BCUT2D eigenvalue weighted by atomic mass is 10.1.